The molecule has 8 heteroatoms. The lowest BCUT2D eigenvalue weighted by Crippen LogP contribution is -2.47. The maximum Gasteiger partial charge on any atom is 0.408 e. The Morgan fingerprint density at radius 1 is 1.00 bits per heavy atom. The van der Waals surface area contributed by atoms with Gasteiger partial charge in [-0.15, -0.1) is 0 Å². The van der Waals surface area contributed by atoms with Gasteiger partial charge in [-0.1, -0.05) is 38.0 Å². The second kappa shape index (κ2) is 13.7. The van der Waals surface area contributed by atoms with Crippen LogP contribution in [0.25, 0.3) is 0 Å². The SMILES string of the molecule is CCCCCN(C(=O)CNC(=O)OC(C)(C)C)C(C(=O)Nc1ccc(OC)cc1)c1cccc(C)c1C. The molecule has 0 heterocycles. The predicted octanol–water partition coefficient (Wildman–Crippen LogP) is 5.54. The maximum absolute atomic E-state index is 13.8. The fourth-order valence-electron chi connectivity index (χ4n) is 3.90. The molecule has 0 saturated carbocycles. The molecule has 1 unspecified atom stereocenters. The molecule has 37 heavy (non-hydrogen) atoms. The summed E-state index contributed by atoms with van der Waals surface area (Å²) in [7, 11) is 1.58. The van der Waals surface area contributed by atoms with E-state index in [9.17, 15) is 14.4 Å². The fraction of sp³-hybridized carbons (Fsp3) is 0.483. The van der Waals surface area contributed by atoms with Crippen LogP contribution in [0.3, 0.4) is 0 Å². The zero-order chi connectivity index (χ0) is 27.6. The van der Waals surface area contributed by atoms with Gasteiger partial charge in [0.2, 0.25) is 5.91 Å². The topological polar surface area (TPSA) is 97.0 Å². The average molecular weight is 512 g/mol. The molecule has 8 nitrogen and oxygen atoms in total. The number of amides is 3. The number of nitrogens with one attached hydrogen (secondary N) is 2. The molecule has 2 aromatic carbocycles. The van der Waals surface area contributed by atoms with E-state index in [1.165, 1.54) is 0 Å². The summed E-state index contributed by atoms with van der Waals surface area (Å²) in [6.45, 7) is 11.4. The van der Waals surface area contributed by atoms with Crippen molar-refractivity contribution in [3.05, 3.63) is 59.2 Å². The highest BCUT2D eigenvalue weighted by atomic mass is 16.6. The summed E-state index contributed by atoms with van der Waals surface area (Å²) in [5, 5.41) is 5.51. The highest BCUT2D eigenvalue weighted by Gasteiger charge is 2.33. The highest BCUT2D eigenvalue weighted by molar-refractivity contribution is 5.98. The summed E-state index contributed by atoms with van der Waals surface area (Å²) < 4.78 is 10.5. The molecule has 0 fully saturated rings. The van der Waals surface area contributed by atoms with Crippen LogP contribution in [0, 0.1) is 13.8 Å². The smallest absolute Gasteiger partial charge is 0.408 e. The van der Waals surface area contributed by atoms with Gasteiger partial charge in [0, 0.05) is 12.2 Å². The Labute approximate surface area is 220 Å². The molecular formula is C29H41N3O5. The number of anilines is 1. The Kier molecular flexibility index (Phi) is 11.0. The number of ether oxygens (including phenoxy) is 2. The standard InChI is InChI=1S/C29H41N3O5/c1-8-9-10-18-32(25(33)19-30-28(35)37-29(4,5)6)26(24-13-11-12-20(2)21(24)3)27(34)31-22-14-16-23(36-7)17-15-22/h11-17,26H,8-10,18-19H2,1-7H3,(H,30,35)(H,31,34). The number of benzene rings is 2. The Bertz CT molecular complexity index is 1060. The molecular weight excluding hydrogens is 470 g/mol. The third-order valence-electron chi connectivity index (χ3n) is 5.96. The lowest BCUT2D eigenvalue weighted by molar-refractivity contribution is -0.138. The minimum absolute atomic E-state index is 0.280. The molecule has 0 saturated heterocycles. The van der Waals surface area contributed by atoms with E-state index in [2.05, 4.69) is 17.6 Å². The van der Waals surface area contributed by atoms with Crippen LogP contribution in [-0.2, 0) is 14.3 Å². The molecule has 3 amide bonds. The van der Waals surface area contributed by atoms with Gasteiger partial charge >= 0.3 is 6.09 Å². The van der Waals surface area contributed by atoms with E-state index in [0.717, 1.165) is 36.0 Å². The van der Waals surface area contributed by atoms with E-state index in [4.69, 9.17) is 9.47 Å². The number of hydrogen-bond donors (Lipinski definition) is 2. The van der Waals surface area contributed by atoms with Crippen molar-refractivity contribution in [1.29, 1.82) is 0 Å². The number of carbonyl (C=O) groups excluding carboxylic acids is 3. The Balaban J connectivity index is 2.41. The monoisotopic (exact) mass is 511 g/mol. The summed E-state index contributed by atoms with van der Waals surface area (Å²) in [5.41, 5.74) is 2.60. The van der Waals surface area contributed by atoms with Crippen LogP contribution in [-0.4, -0.2) is 48.6 Å². The minimum atomic E-state index is -0.883. The third kappa shape index (κ3) is 9.12. The highest BCUT2D eigenvalue weighted by Crippen LogP contribution is 2.29. The zero-order valence-corrected chi connectivity index (χ0v) is 23.1. The van der Waals surface area contributed by atoms with Crippen molar-refractivity contribution in [2.45, 2.75) is 72.4 Å². The first-order chi connectivity index (χ1) is 17.5. The molecule has 1 atom stereocenters. The molecule has 0 aliphatic rings. The molecule has 0 aromatic heterocycles. The van der Waals surface area contributed by atoms with Crippen molar-refractivity contribution in [2.24, 2.45) is 0 Å². The molecule has 0 aliphatic carbocycles. The molecule has 2 aromatic rings. The van der Waals surface area contributed by atoms with Crippen molar-refractivity contribution in [2.75, 3.05) is 25.5 Å². The fourth-order valence-corrected chi connectivity index (χ4v) is 3.90. The number of carbonyl (C=O) groups is 3. The second-order valence-corrected chi connectivity index (χ2v) is 10.1. The van der Waals surface area contributed by atoms with E-state index in [-0.39, 0.29) is 18.4 Å². The first kappa shape index (κ1) is 29.7. The van der Waals surface area contributed by atoms with Crippen LogP contribution in [0.1, 0.15) is 69.7 Å². The van der Waals surface area contributed by atoms with Crippen molar-refractivity contribution < 1.29 is 23.9 Å². The van der Waals surface area contributed by atoms with Crippen LogP contribution in [0.5, 0.6) is 5.75 Å². The quantitative estimate of drug-likeness (QED) is 0.386. The van der Waals surface area contributed by atoms with E-state index in [1.807, 2.05) is 32.0 Å². The van der Waals surface area contributed by atoms with Gasteiger partial charge in [0.1, 0.15) is 23.9 Å². The lowest BCUT2D eigenvalue weighted by atomic mass is 9.95. The molecule has 2 rings (SSSR count). The van der Waals surface area contributed by atoms with Gasteiger partial charge in [-0.25, -0.2) is 4.79 Å². The van der Waals surface area contributed by atoms with Crippen LogP contribution >= 0.6 is 0 Å². The summed E-state index contributed by atoms with van der Waals surface area (Å²) in [6.07, 6.45) is 1.92. The van der Waals surface area contributed by atoms with Gasteiger partial charge in [-0.2, -0.15) is 0 Å². The number of alkyl carbamates (subject to hydrolysis) is 1. The Hall–Kier alpha value is -3.55. The number of nitrogens with zero attached hydrogens (tertiary/aromatic N) is 1. The van der Waals surface area contributed by atoms with Gasteiger partial charge < -0.3 is 25.0 Å². The number of methoxy groups -OCH3 is 1. The van der Waals surface area contributed by atoms with Gasteiger partial charge in [-0.05, 0) is 82.0 Å². The van der Waals surface area contributed by atoms with Gasteiger partial charge in [0.25, 0.3) is 5.91 Å². The number of hydrogen-bond acceptors (Lipinski definition) is 5. The molecule has 0 aliphatic heterocycles. The van der Waals surface area contributed by atoms with Crippen LogP contribution in [0.15, 0.2) is 42.5 Å². The third-order valence-corrected chi connectivity index (χ3v) is 5.96. The number of unbranched alkanes of at least 4 members (excludes halogenated alkanes) is 2. The molecule has 0 radical (unpaired) electrons. The normalized spacial score (nSPS) is 11.9. The van der Waals surface area contributed by atoms with Gasteiger partial charge in [0.15, 0.2) is 0 Å². The van der Waals surface area contributed by atoms with Crippen molar-refractivity contribution in [1.82, 2.24) is 10.2 Å². The van der Waals surface area contributed by atoms with Crippen molar-refractivity contribution in [3.8, 4) is 5.75 Å². The molecule has 0 bridgehead atoms. The van der Waals surface area contributed by atoms with E-state index < -0.39 is 17.7 Å². The first-order valence-corrected chi connectivity index (χ1v) is 12.7. The second-order valence-electron chi connectivity index (χ2n) is 10.1. The van der Waals surface area contributed by atoms with Crippen molar-refractivity contribution >= 4 is 23.6 Å². The van der Waals surface area contributed by atoms with Crippen molar-refractivity contribution in [3.63, 3.8) is 0 Å². The average Bonchev–Trinajstić information content (AvgIpc) is 2.83. The zero-order valence-electron chi connectivity index (χ0n) is 23.1. The molecule has 202 valence electrons. The maximum atomic E-state index is 13.8. The lowest BCUT2D eigenvalue weighted by Gasteiger charge is -2.33. The summed E-state index contributed by atoms with van der Waals surface area (Å²) in [5.74, 6) is -0.0209. The molecule has 0 spiro atoms. The largest absolute Gasteiger partial charge is 0.497 e. The van der Waals surface area contributed by atoms with Gasteiger partial charge in [0.05, 0.1) is 7.11 Å². The predicted molar refractivity (Wildman–Crippen MR) is 146 cm³/mol. The summed E-state index contributed by atoms with van der Waals surface area (Å²) >= 11 is 0. The first-order valence-electron chi connectivity index (χ1n) is 12.7. The minimum Gasteiger partial charge on any atom is -0.497 e. The Morgan fingerprint density at radius 3 is 2.27 bits per heavy atom. The Morgan fingerprint density at radius 2 is 1.68 bits per heavy atom. The number of aryl methyl sites for hydroxylation is 1. The van der Waals surface area contributed by atoms with E-state index in [1.54, 1.807) is 57.0 Å². The van der Waals surface area contributed by atoms with E-state index in [0.29, 0.717) is 18.0 Å². The molecule has 2 N–H and O–H groups in total. The van der Waals surface area contributed by atoms with E-state index >= 15 is 0 Å². The summed E-state index contributed by atoms with van der Waals surface area (Å²) in [4.78, 5) is 41.1. The number of rotatable bonds is 11. The summed E-state index contributed by atoms with van der Waals surface area (Å²) in [6, 6.07) is 11.9. The van der Waals surface area contributed by atoms with Gasteiger partial charge in [-0.3, -0.25) is 9.59 Å². The van der Waals surface area contributed by atoms with Crippen LogP contribution in [0.2, 0.25) is 0 Å². The van der Waals surface area contributed by atoms with Crippen LogP contribution < -0.4 is 15.4 Å². The van der Waals surface area contributed by atoms with Crippen LogP contribution in [0.4, 0.5) is 10.5 Å².